The van der Waals surface area contributed by atoms with Crippen molar-refractivity contribution in [3.63, 3.8) is 0 Å². The molecule has 0 aromatic heterocycles. The lowest BCUT2D eigenvalue weighted by Crippen LogP contribution is -2.29. The summed E-state index contributed by atoms with van der Waals surface area (Å²) in [6.07, 6.45) is 0.975. The average Bonchev–Trinajstić information content (AvgIpc) is 3.15. The summed E-state index contributed by atoms with van der Waals surface area (Å²) in [5, 5.41) is 2.49. The Labute approximate surface area is 181 Å². The first-order valence-electron chi connectivity index (χ1n) is 10.4. The van der Waals surface area contributed by atoms with Crippen LogP contribution in [0.4, 0.5) is 15.8 Å². The van der Waals surface area contributed by atoms with Gasteiger partial charge in [0.1, 0.15) is 5.82 Å². The van der Waals surface area contributed by atoms with E-state index in [4.69, 9.17) is 4.74 Å². The molecule has 0 radical (unpaired) electrons. The SMILES string of the molecule is CC[C@H](C)c1ccccc1N1C[C@H](C(=O)OCC(=O)Nc2ccc(C)c(F)c2)CC1=O. The molecular weight excluding hydrogens is 399 g/mol. The van der Waals surface area contributed by atoms with Crippen LogP contribution in [-0.2, 0) is 19.1 Å². The van der Waals surface area contributed by atoms with E-state index in [0.29, 0.717) is 5.56 Å². The summed E-state index contributed by atoms with van der Waals surface area (Å²) in [5.74, 6) is -2.09. The molecule has 0 aliphatic carbocycles. The van der Waals surface area contributed by atoms with Gasteiger partial charge in [0, 0.05) is 24.3 Å². The van der Waals surface area contributed by atoms with E-state index >= 15 is 0 Å². The molecule has 1 heterocycles. The lowest BCUT2D eigenvalue weighted by molar-refractivity contribution is -0.151. The normalized spacial score (nSPS) is 16.8. The second-order valence-corrected chi connectivity index (χ2v) is 7.89. The number of carbonyl (C=O) groups excluding carboxylic acids is 3. The van der Waals surface area contributed by atoms with Crippen molar-refractivity contribution in [1.29, 1.82) is 0 Å². The summed E-state index contributed by atoms with van der Waals surface area (Å²) in [4.78, 5) is 38.7. The summed E-state index contributed by atoms with van der Waals surface area (Å²) in [7, 11) is 0. The van der Waals surface area contributed by atoms with E-state index in [1.165, 1.54) is 6.07 Å². The van der Waals surface area contributed by atoms with Gasteiger partial charge in [0.15, 0.2) is 6.61 Å². The predicted molar refractivity (Wildman–Crippen MR) is 116 cm³/mol. The maximum absolute atomic E-state index is 13.6. The van der Waals surface area contributed by atoms with Crippen LogP contribution in [0.3, 0.4) is 0 Å². The number of carbonyl (C=O) groups is 3. The molecule has 0 unspecified atom stereocenters. The fraction of sp³-hybridized carbons (Fsp3) is 0.375. The minimum absolute atomic E-state index is 0.0401. The monoisotopic (exact) mass is 426 g/mol. The smallest absolute Gasteiger partial charge is 0.311 e. The number of esters is 1. The van der Waals surface area contributed by atoms with Crippen molar-refractivity contribution >= 4 is 29.2 Å². The second-order valence-electron chi connectivity index (χ2n) is 7.89. The van der Waals surface area contributed by atoms with Crippen LogP contribution in [0, 0.1) is 18.7 Å². The van der Waals surface area contributed by atoms with Crippen molar-refractivity contribution in [3.05, 3.63) is 59.4 Å². The molecular formula is C24H27FN2O4. The molecule has 164 valence electrons. The zero-order valence-electron chi connectivity index (χ0n) is 18.0. The third-order valence-corrected chi connectivity index (χ3v) is 5.63. The molecule has 3 rings (SSSR count). The molecule has 7 heteroatoms. The summed E-state index contributed by atoms with van der Waals surface area (Å²) in [6.45, 7) is 5.53. The van der Waals surface area contributed by atoms with Crippen molar-refractivity contribution in [1.82, 2.24) is 0 Å². The molecule has 1 aliphatic rings. The molecule has 1 fully saturated rings. The number of hydrogen-bond acceptors (Lipinski definition) is 4. The van der Waals surface area contributed by atoms with Crippen molar-refractivity contribution in [2.24, 2.45) is 5.92 Å². The molecule has 1 aliphatic heterocycles. The highest BCUT2D eigenvalue weighted by molar-refractivity contribution is 6.00. The van der Waals surface area contributed by atoms with Gasteiger partial charge in [-0.1, -0.05) is 38.1 Å². The molecule has 0 bridgehead atoms. The number of hydrogen-bond donors (Lipinski definition) is 1. The number of anilines is 2. The van der Waals surface area contributed by atoms with E-state index in [1.54, 1.807) is 24.0 Å². The zero-order valence-corrected chi connectivity index (χ0v) is 18.0. The number of halogens is 1. The number of amides is 2. The second kappa shape index (κ2) is 9.73. The van der Waals surface area contributed by atoms with Gasteiger partial charge in [0.2, 0.25) is 5.91 Å². The fourth-order valence-electron chi connectivity index (χ4n) is 3.59. The van der Waals surface area contributed by atoms with Gasteiger partial charge in [-0.2, -0.15) is 0 Å². The Morgan fingerprint density at radius 2 is 2.00 bits per heavy atom. The molecule has 1 N–H and O–H groups in total. The Kier molecular flexibility index (Phi) is 7.05. The van der Waals surface area contributed by atoms with Gasteiger partial charge in [0.05, 0.1) is 5.92 Å². The fourth-order valence-corrected chi connectivity index (χ4v) is 3.59. The molecule has 0 saturated carbocycles. The van der Waals surface area contributed by atoms with E-state index in [9.17, 15) is 18.8 Å². The Morgan fingerprint density at radius 3 is 2.71 bits per heavy atom. The number of nitrogens with zero attached hydrogens (tertiary/aromatic N) is 1. The van der Waals surface area contributed by atoms with Gasteiger partial charge in [-0.15, -0.1) is 0 Å². The third-order valence-electron chi connectivity index (χ3n) is 5.63. The van der Waals surface area contributed by atoms with Crippen molar-refractivity contribution in [3.8, 4) is 0 Å². The molecule has 2 amide bonds. The van der Waals surface area contributed by atoms with Gasteiger partial charge in [-0.3, -0.25) is 14.4 Å². The number of rotatable bonds is 7. The van der Waals surface area contributed by atoms with Crippen LogP contribution in [0.1, 0.15) is 43.7 Å². The van der Waals surface area contributed by atoms with Crippen LogP contribution in [0.5, 0.6) is 0 Å². The largest absolute Gasteiger partial charge is 0.455 e. The highest BCUT2D eigenvalue weighted by Gasteiger charge is 2.37. The van der Waals surface area contributed by atoms with Gasteiger partial charge in [-0.25, -0.2) is 4.39 Å². The van der Waals surface area contributed by atoms with Crippen LogP contribution in [0.25, 0.3) is 0 Å². The Hall–Kier alpha value is -3.22. The topological polar surface area (TPSA) is 75.7 Å². The maximum Gasteiger partial charge on any atom is 0.311 e. The number of ether oxygens (including phenoxy) is 1. The van der Waals surface area contributed by atoms with Crippen molar-refractivity contribution < 1.29 is 23.5 Å². The van der Waals surface area contributed by atoms with Crippen molar-refractivity contribution in [2.45, 2.75) is 39.5 Å². The first-order chi connectivity index (χ1) is 14.8. The van der Waals surface area contributed by atoms with E-state index in [1.807, 2.05) is 24.3 Å². The van der Waals surface area contributed by atoms with Crippen LogP contribution in [0.15, 0.2) is 42.5 Å². The molecule has 2 aromatic rings. The molecule has 1 saturated heterocycles. The summed E-state index contributed by atoms with van der Waals surface area (Å²) in [5.41, 5.74) is 2.64. The van der Waals surface area contributed by atoms with E-state index < -0.39 is 30.2 Å². The Bertz CT molecular complexity index is 991. The minimum atomic E-state index is -0.637. The highest BCUT2D eigenvalue weighted by Crippen LogP contribution is 2.33. The first kappa shape index (κ1) is 22.5. The molecule has 31 heavy (non-hydrogen) atoms. The predicted octanol–water partition coefficient (Wildman–Crippen LogP) is 4.18. The zero-order chi connectivity index (χ0) is 22.5. The molecule has 0 spiro atoms. The summed E-state index contributed by atoms with van der Waals surface area (Å²) >= 11 is 0. The highest BCUT2D eigenvalue weighted by atomic mass is 19.1. The standard InChI is InChI=1S/C24H27FN2O4/c1-4-15(2)19-7-5-6-8-21(19)27-13-17(11-23(27)29)24(30)31-14-22(28)26-18-10-9-16(3)20(25)12-18/h5-10,12,15,17H,4,11,13-14H2,1-3H3,(H,26,28)/t15-,17+/m0/s1. The Balaban J connectivity index is 1.58. The van der Waals surface area contributed by atoms with E-state index in [-0.39, 0.29) is 30.5 Å². The number of para-hydroxylation sites is 1. The number of nitrogens with one attached hydrogen (secondary N) is 1. The summed E-state index contributed by atoms with van der Waals surface area (Å²) < 4.78 is 18.7. The van der Waals surface area contributed by atoms with Gasteiger partial charge < -0.3 is 15.0 Å². The lowest BCUT2D eigenvalue weighted by Gasteiger charge is -2.23. The van der Waals surface area contributed by atoms with Gasteiger partial charge in [0.25, 0.3) is 5.91 Å². The van der Waals surface area contributed by atoms with Crippen LogP contribution >= 0.6 is 0 Å². The van der Waals surface area contributed by atoms with Crippen LogP contribution in [-0.4, -0.2) is 30.9 Å². The number of aryl methyl sites for hydroxylation is 1. The van der Waals surface area contributed by atoms with Gasteiger partial charge in [-0.05, 0) is 48.6 Å². The summed E-state index contributed by atoms with van der Waals surface area (Å²) in [6, 6.07) is 12.0. The minimum Gasteiger partial charge on any atom is -0.455 e. The van der Waals surface area contributed by atoms with E-state index in [0.717, 1.165) is 17.7 Å². The average molecular weight is 426 g/mol. The van der Waals surface area contributed by atoms with Gasteiger partial charge >= 0.3 is 5.97 Å². The van der Waals surface area contributed by atoms with Crippen LogP contribution in [0.2, 0.25) is 0 Å². The molecule has 2 aromatic carbocycles. The molecule has 2 atom stereocenters. The van der Waals surface area contributed by atoms with Crippen molar-refractivity contribution in [2.75, 3.05) is 23.4 Å². The third kappa shape index (κ3) is 5.29. The number of benzene rings is 2. The molecule has 6 nitrogen and oxygen atoms in total. The maximum atomic E-state index is 13.6. The van der Waals surface area contributed by atoms with E-state index in [2.05, 4.69) is 19.2 Å². The first-order valence-corrected chi connectivity index (χ1v) is 10.4. The van der Waals surface area contributed by atoms with Crippen LogP contribution < -0.4 is 10.2 Å². The Morgan fingerprint density at radius 1 is 1.26 bits per heavy atom. The lowest BCUT2D eigenvalue weighted by atomic mass is 9.96. The quantitative estimate of drug-likeness (QED) is 0.674.